The topological polar surface area (TPSA) is 136 Å². The van der Waals surface area contributed by atoms with Gasteiger partial charge in [0.05, 0.1) is 24.5 Å². The lowest BCUT2D eigenvalue weighted by atomic mass is 10.2. The van der Waals surface area contributed by atoms with Crippen molar-refractivity contribution < 1.29 is 9.59 Å². The van der Waals surface area contributed by atoms with E-state index < -0.39 is 0 Å². The van der Waals surface area contributed by atoms with E-state index in [4.69, 9.17) is 23.2 Å². The molecule has 0 bridgehead atoms. The number of halogens is 2. The molecule has 4 aromatic rings. The molecule has 0 atom stereocenters. The summed E-state index contributed by atoms with van der Waals surface area (Å²) in [5.41, 5.74) is 1.33. The van der Waals surface area contributed by atoms with Crippen molar-refractivity contribution in [3.63, 3.8) is 0 Å². The van der Waals surface area contributed by atoms with Gasteiger partial charge < -0.3 is 10.6 Å². The standard InChI is InChI=1S/C22H20Cl2N8O2S2/c23-13-5-7-25-15(9-13)11-27-19(33)21-31-29-17(35-21)3-1-2-4-18-30-32-22(36-18)20(34)28-12-16-10-14(24)6-8-26-16/h5-10H,1-4,11-12H2,(H,27,33)(H,28,34). The van der Waals surface area contributed by atoms with E-state index in [1.54, 1.807) is 36.7 Å². The molecule has 2 N–H and O–H groups in total. The molecule has 0 aliphatic rings. The first-order valence-electron chi connectivity index (χ1n) is 10.9. The van der Waals surface area contributed by atoms with E-state index in [2.05, 4.69) is 41.0 Å². The lowest BCUT2D eigenvalue weighted by molar-refractivity contribution is 0.0941. The number of pyridine rings is 2. The number of carbonyl (C=O) groups is 2. The maximum Gasteiger partial charge on any atom is 0.282 e. The van der Waals surface area contributed by atoms with Crippen LogP contribution in [0.5, 0.6) is 0 Å². The molecule has 0 aliphatic carbocycles. The van der Waals surface area contributed by atoms with E-state index in [1.807, 2.05) is 0 Å². The van der Waals surface area contributed by atoms with Crippen LogP contribution in [0.3, 0.4) is 0 Å². The average Bonchev–Trinajstić information content (AvgIpc) is 3.54. The maximum absolute atomic E-state index is 12.3. The number of unbranched alkanes of at least 4 members (excludes halogenated alkanes) is 1. The third kappa shape index (κ3) is 7.72. The molecule has 0 radical (unpaired) electrons. The first-order valence-corrected chi connectivity index (χ1v) is 13.3. The molecular weight excluding hydrogens is 543 g/mol. The van der Waals surface area contributed by atoms with Crippen molar-refractivity contribution in [3.05, 3.63) is 78.1 Å². The van der Waals surface area contributed by atoms with Crippen LogP contribution in [0.4, 0.5) is 0 Å². The summed E-state index contributed by atoms with van der Waals surface area (Å²) >= 11 is 14.4. The van der Waals surface area contributed by atoms with Crippen molar-refractivity contribution >= 4 is 57.7 Å². The number of nitrogens with zero attached hydrogens (tertiary/aromatic N) is 6. The number of hydrogen-bond donors (Lipinski definition) is 2. The molecule has 0 saturated carbocycles. The lowest BCUT2D eigenvalue weighted by Crippen LogP contribution is -2.23. The molecule has 14 heteroatoms. The van der Waals surface area contributed by atoms with Gasteiger partial charge in [-0.05, 0) is 37.1 Å². The molecule has 10 nitrogen and oxygen atoms in total. The van der Waals surface area contributed by atoms with Crippen LogP contribution in [-0.4, -0.2) is 42.2 Å². The van der Waals surface area contributed by atoms with Crippen molar-refractivity contribution in [1.82, 2.24) is 41.0 Å². The molecule has 4 rings (SSSR count). The summed E-state index contributed by atoms with van der Waals surface area (Å²) in [6.45, 7) is 0.515. The molecular formula is C22H20Cl2N8O2S2. The zero-order valence-electron chi connectivity index (χ0n) is 18.8. The van der Waals surface area contributed by atoms with Crippen LogP contribution in [0, 0.1) is 0 Å². The Morgan fingerprint density at radius 3 is 1.58 bits per heavy atom. The van der Waals surface area contributed by atoms with Gasteiger partial charge in [0.25, 0.3) is 11.8 Å². The zero-order valence-corrected chi connectivity index (χ0v) is 21.9. The van der Waals surface area contributed by atoms with Crippen molar-refractivity contribution in [2.45, 2.75) is 38.8 Å². The van der Waals surface area contributed by atoms with Gasteiger partial charge in [-0.1, -0.05) is 45.9 Å². The van der Waals surface area contributed by atoms with Gasteiger partial charge in [0.2, 0.25) is 10.0 Å². The van der Waals surface area contributed by atoms with E-state index >= 15 is 0 Å². The SMILES string of the molecule is O=C(NCc1cc(Cl)ccn1)c1nnc(CCCCc2nnc(C(=O)NCc3cc(Cl)ccn3)s2)s1. The smallest absolute Gasteiger partial charge is 0.282 e. The summed E-state index contributed by atoms with van der Waals surface area (Å²) in [6.07, 6.45) is 6.24. The zero-order chi connectivity index (χ0) is 25.3. The molecule has 0 spiro atoms. The van der Waals surface area contributed by atoms with Crippen molar-refractivity contribution in [1.29, 1.82) is 0 Å². The van der Waals surface area contributed by atoms with Gasteiger partial charge in [0.1, 0.15) is 10.0 Å². The minimum absolute atomic E-state index is 0.258. The highest BCUT2D eigenvalue weighted by Gasteiger charge is 2.15. The van der Waals surface area contributed by atoms with Crippen molar-refractivity contribution in [2.75, 3.05) is 0 Å². The van der Waals surface area contributed by atoms with Gasteiger partial charge in [-0.25, -0.2) is 0 Å². The minimum atomic E-state index is -0.300. The Morgan fingerprint density at radius 1 is 0.722 bits per heavy atom. The summed E-state index contributed by atoms with van der Waals surface area (Å²) in [4.78, 5) is 32.9. The number of nitrogens with one attached hydrogen (secondary N) is 2. The Balaban J connectivity index is 1.16. The Hall–Kier alpha value is -3.06. The third-order valence-electron chi connectivity index (χ3n) is 4.77. The number of rotatable bonds is 11. The normalized spacial score (nSPS) is 10.8. The summed E-state index contributed by atoms with van der Waals surface area (Å²) in [5, 5.41) is 25.0. The summed E-state index contributed by atoms with van der Waals surface area (Å²) in [7, 11) is 0. The van der Waals surface area contributed by atoms with E-state index in [1.165, 1.54) is 22.7 Å². The fraction of sp³-hybridized carbons (Fsp3) is 0.273. The Labute approximate surface area is 224 Å². The number of aryl methyl sites for hydroxylation is 2. The van der Waals surface area contributed by atoms with Crippen LogP contribution in [0.1, 0.15) is 53.8 Å². The fourth-order valence-corrected chi connectivity index (χ4v) is 4.99. The Morgan fingerprint density at radius 2 is 1.17 bits per heavy atom. The first-order chi connectivity index (χ1) is 17.5. The van der Waals surface area contributed by atoms with Crippen LogP contribution < -0.4 is 10.6 Å². The highest BCUT2D eigenvalue weighted by Crippen LogP contribution is 2.17. The molecule has 0 aromatic carbocycles. The van der Waals surface area contributed by atoms with Crippen LogP contribution in [0.25, 0.3) is 0 Å². The molecule has 2 amide bonds. The Kier molecular flexibility index (Phi) is 9.23. The predicted octanol–water partition coefficient (Wildman–Crippen LogP) is 3.91. The highest BCUT2D eigenvalue weighted by atomic mass is 35.5. The third-order valence-corrected chi connectivity index (χ3v) is 7.20. The lowest BCUT2D eigenvalue weighted by Gasteiger charge is -2.02. The van der Waals surface area contributed by atoms with E-state index in [0.29, 0.717) is 44.3 Å². The number of carbonyl (C=O) groups excluding carboxylic acids is 2. The van der Waals surface area contributed by atoms with E-state index in [-0.39, 0.29) is 24.9 Å². The van der Waals surface area contributed by atoms with Crippen LogP contribution in [0.15, 0.2) is 36.7 Å². The van der Waals surface area contributed by atoms with Gasteiger partial charge in [0.15, 0.2) is 0 Å². The van der Waals surface area contributed by atoms with Gasteiger partial charge in [0, 0.05) is 35.3 Å². The van der Waals surface area contributed by atoms with Crippen LogP contribution >= 0.6 is 45.9 Å². The van der Waals surface area contributed by atoms with Crippen molar-refractivity contribution in [2.24, 2.45) is 0 Å². The van der Waals surface area contributed by atoms with Gasteiger partial charge in [-0.15, -0.1) is 20.4 Å². The molecule has 36 heavy (non-hydrogen) atoms. The van der Waals surface area contributed by atoms with Crippen LogP contribution in [0.2, 0.25) is 10.0 Å². The van der Waals surface area contributed by atoms with Gasteiger partial charge in [-0.2, -0.15) is 0 Å². The molecule has 0 fully saturated rings. The molecule has 4 heterocycles. The molecule has 186 valence electrons. The number of hydrogen-bond acceptors (Lipinski definition) is 10. The Bertz CT molecular complexity index is 1250. The number of amides is 2. The predicted molar refractivity (Wildman–Crippen MR) is 137 cm³/mol. The second-order valence-corrected chi connectivity index (χ2v) is 10.5. The van der Waals surface area contributed by atoms with Gasteiger partial charge >= 0.3 is 0 Å². The second-order valence-electron chi connectivity index (χ2n) is 7.51. The quantitative estimate of drug-likeness (QED) is 0.262. The second kappa shape index (κ2) is 12.8. The highest BCUT2D eigenvalue weighted by molar-refractivity contribution is 7.13. The average molecular weight is 563 g/mol. The van der Waals surface area contributed by atoms with E-state index in [9.17, 15) is 9.59 Å². The summed E-state index contributed by atoms with van der Waals surface area (Å²) < 4.78 is 0. The largest absolute Gasteiger partial charge is 0.344 e. The summed E-state index contributed by atoms with van der Waals surface area (Å²) in [5.74, 6) is -0.599. The molecule has 0 aliphatic heterocycles. The van der Waals surface area contributed by atoms with Crippen LogP contribution in [-0.2, 0) is 25.9 Å². The summed E-state index contributed by atoms with van der Waals surface area (Å²) in [6, 6.07) is 6.73. The molecule has 4 aromatic heterocycles. The fourth-order valence-electron chi connectivity index (χ4n) is 3.03. The van der Waals surface area contributed by atoms with Crippen molar-refractivity contribution in [3.8, 4) is 0 Å². The molecule has 0 unspecified atom stereocenters. The molecule has 0 saturated heterocycles. The maximum atomic E-state index is 12.3. The first kappa shape index (κ1) is 26.0. The van der Waals surface area contributed by atoms with Gasteiger partial charge in [-0.3, -0.25) is 19.6 Å². The monoisotopic (exact) mass is 562 g/mol. The minimum Gasteiger partial charge on any atom is -0.344 e. The van der Waals surface area contributed by atoms with E-state index in [0.717, 1.165) is 22.9 Å². The number of aromatic nitrogens is 6.